The first-order chi connectivity index (χ1) is 5.83. The van der Waals surface area contributed by atoms with Gasteiger partial charge >= 0.3 is 5.97 Å². The van der Waals surface area contributed by atoms with E-state index in [1.165, 1.54) is 7.11 Å². The van der Waals surface area contributed by atoms with Gasteiger partial charge in [-0.05, 0) is 25.2 Å². The van der Waals surface area contributed by atoms with Crippen molar-refractivity contribution in [2.45, 2.75) is 39.7 Å². The summed E-state index contributed by atoms with van der Waals surface area (Å²) < 4.78 is 4.77. The molecule has 0 aromatic rings. The van der Waals surface area contributed by atoms with Gasteiger partial charge in [-0.3, -0.25) is 4.79 Å². The van der Waals surface area contributed by atoms with Crippen LogP contribution < -0.4 is 0 Å². The van der Waals surface area contributed by atoms with Gasteiger partial charge in [0.05, 0.1) is 18.6 Å². The number of carbonyl (C=O) groups is 1. The van der Waals surface area contributed by atoms with Crippen molar-refractivity contribution in [1.82, 2.24) is 0 Å². The first kappa shape index (κ1) is 10.5. The lowest BCUT2D eigenvalue weighted by Crippen LogP contribution is -2.38. The Hall–Kier alpha value is -0.570. The molecule has 3 nitrogen and oxygen atoms in total. The molecule has 0 amide bonds. The molecule has 1 N–H and O–H groups in total. The molecule has 0 spiro atoms. The van der Waals surface area contributed by atoms with E-state index in [9.17, 15) is 9.90 Å². The zero-order valence-corrected chi connectivity index (χ0v) is 8.76. The number of methoxy groups -OCH3 is 1. The van der Waals surface area contributed by atoms with Crippen LogP contribution in [0.4, 0.5) is 0 Å². The summed E-state index contributed by atoms with van der Waals surface area (Å²) in [5.74, 6) is -0.214. The molecule has 0 aromatic carbocycles. The molecule has 0 aromatic heterocycles. The van der Waals surface area contributed by atoms with E-state index in [0.29, 0.717) is 12.8 Å². The molecule has 13 heavy (non-hydrogen) atoms. The molecule has 2 atom stereocenters. The monoisotopic (exact) mass is 186 g/mol. The van der Waals surface area contributed by atoms with Crippen molar-refractivity contribution in [3.8, 4) is 0 Å². The van der Waals surface area contributed by atoms with E-state index in [4.69, 9.17) is 4.74 Å². The van der Waals surface area contributed by atoms with E-state index in [1.54, 1.807) is 0 Å². The van der Waals surface area contributed by atoms with Crippen molar-refractivity contribution < 1.29 is 14.6 Å². The Bertz CT molecular complexity index is 222. The summed E-state index contributed by atoms with van der Waals surface area (Å²) in [7, 11) is 1.40. The third-order valence-electron chi connectivity index (χ3n) is 3.52. The van der Waals surface area contributed by atoms with Gasteiger partial charge in [0, 0.05) is 0 Å². The highest BCUT2D eigenvalue weighted by atomic mass is 16.5. The molecule has 0 aliphatic heterocycles. The summed E-state index contributed by atoms with van der Waals surface area (Å²) in [6, 6.07) is 0. The van der Waals surface area contributed by atoms with Crippen LogP contribution in [0, 0.1) is 10.8 Å². The number of hydrogen-bond donors (Lipinski definition) is 1. The lowest BCUT2D eigenvalue weighted by atomic mass is 9.69. The van der Waals surface area contributed by atoms with Gasteiger partial charge in [0.15, 0.2) is 0 Å². The molecule has 0 radical (unpaired) electrons. The zero-order valence-electron chi connectivity index (χ0n) is 8.76. The van der Waals surface area contributed by atoms with E-state index < -0.39 is 5.41 Å². The number of carbonyl (C=O) groups excluding carboxylic acids is 1. The van der Waals surface area contributed by atoms with Crippen LogP contribution in [0.5, 0.6) is 0 Å². The Balaban J connectivity index is 2.95. The first-order valence-electron chi connectivity index (χ1n) is 4.60. The van der Waals surface area contributed by atoms with Gasteiger partial charge in [-0.2, -0.15) is 0 Å². The molecule has 1 saturated carbocycles. The molecule has 0 bridgehead atoms. The van der Waals surface area contributed by atoms with Crippen LogP contribution >= 0.6 is 0 Å². The normalized spacial score (nSPS) is 37.5. The molecule has 1 rings (SSSR count). The maximum absolute atomic E-state index is 11.6. The fourth-order valence-electron chi connectivity index (χ4n) is 2.22. The maximum Gasteiger partial charge on any atom is 0.312 e. The van der Waals surface area contributed by atoms with Crippen molar-refractivity contribution in [1.29, 1.82) is 0 Å². The number of hydrogen-bond acceptors (Lipinski definition) is 3. The van der Waals surface area contributed by atoms with E-state index in [-0.39, 0.29) is 17.5 Å². The minimum Gasteiger partial charge on any atom is -0.469 e. The highest BCUT2D eigenvalue weighted by molar-refractivity contribution is 5.77. The summed E-state index contributed by atoms with van der Waals surface area (Å²) in [5.41, 5.74) is -0.722. The molecule has 0 unspecified atom stereocenters. The van der Waals surface area contributed by atoms with Crippen molar-refractivity contribution in [2.75, 3.05) is 7.11 Å². The van der Waals surface area contributed by atoms with Gasteiger partial charge in [-0.25, -0.2) is 0 Å². The number of aliphatic hydroxyl groups excluding tert-OH is 1. The second-order valence-electron chi connectivity index (χ2n) is 4.77. The third kappa shape index (κ3) is 1.46. The van der Waals surface area contributed by atoms with E-state index in [1.807, 2.05) is 20.8 Å². The smallest absolute Gasteiger partial charge is 0.312 e. The van der Waals surface area contributed by atoms with Gasteiger partial charge in [0.1, 0.15) is 0 Å². The van der Waals surface area contributed by atoms with Crippen LogP contribution in [-0.2, 0) is 9.53 Å². The average molecular weight is 186 g/mol. The minimum atomic E-state index is -0.541. The summed E-state index contributed by atoms with van der Waals surface area (Å²) in [6.07, 6.45) is 0.796. The van der Waals surface area contributed by atoms with Gasteiger partial charge in [-0.1, -0.05) is 13.8 Å². The Kier molecular flexibility index (Phi) is 2.41. The van der Waals surface area contributed by atoms with Crippen LogP contribution in [-0.4, -0.2) is 24.3 Å². The molecule has 1 fully saturated rings. The predicted molar refractivity (Wildman–Crippen MR) is 49.1 cm³/mol. The Morgan fingerprint density at radius 1 is 1.38 bits per heavy atom. The van der Waals surface area contributed by atoms with Crippen molar-refractivity contribution in [3.63, 3.8) is 0 Å². The highest BCUT2D eigenvalue weighted by Gasteiger charge is 2.54. The maximum atomic E-state index is 11.6. The molecule has 76 valence electrons. The van der Waals surface area contributed by atoms with Gasteiger partial charge in [0.2, 0.25) is 0 Å². The topological polar surface area (TPSA) is 46.5 Å². The quantitative estimate of drug-likeness (QED) is 0.629. The van der Waals surface area contributed by atoms with E-state index >= 15 is 0 Å². The molecule has 0 heterocycles. The van der Waals surface area contributed by atoms with Crippen LogP contribution in [0.25, 0.3) is 0 Å². The molecular formula is C10H18O3. The van der Waals surface area contributed by atoms with Crippen molar-refractivity contribution in [2.24, 2.45) is 10.8 Å². The zero-order chi connectivity index (χ0) is 10.3. The largest absolute Gasteiger partial charge is 0.469 e. The summed E-state index contributed by atoms with van der Waals surface area (Å²) in [4.78, 5) is 11.6. The SMILES string of the molecule is COC(=O)[C@]1(C)C[C@@H](O)CC1(C)C. The van der Waals surface area contributed by atoms with Crippen LogP contribution in [0.1, 0.15) is 33.6 Å². The van der Waals surface area contributed by atoms with Crippen LogP contribution in [0.15, 0.2) is 0 Å². The predicted octanol–water partition coefficient (Wildman–Crippen LogP) is 1.35. The lowest BCUT2D eigenvalue weighted by molar-refractivity contribution is -0.157. The van der Waals surface area contributed by atoms with Gasteiger partial charge in [0.25, 0.3) is 0 Å². The molecule has 3 heteroatoms. The Morgan fingerprint density at radius 3 is 2.23 bits per heavy atom. The van der Waals surface area contributed by atoms with E-state index in [2.05, 4.69) is 0 Å². The van der Waals surface area contributed by atoms with Crippen LogP contribution in [0.3, 0.4) is 0 Å². The number of rotatable bonds is 1. The Morgan fingerprint density at radius 2 is 1.92 bits per heavy atom. The number of aliphatic hydroxyl groups is 1. The summed E-state index contributed by atoms with van der Waals surface area (Å²) in [6.45, 7) is 5.87. The van der Waals surface area contributed by atoms with Crippen molar-refractivity contribution >= 4 is 5.97 Å². The molecule has 1 aliphatic rings. The van der Waals surface area contributed by atoms with Crippen LogP contribution in [0.2, 0.25) is 0 Å². The van der Waals surface area contributed by atoms with Crippen molar-refractivity contribution in [3.05, 3.63) is 0 Å². The van der Waals surface area contributed by atoms with Gasteiger partial charge in [-0.15, -0.1) is 0 Å². The fourth-order valence-corrected chi connectivity index (χ4v) is 2.22. The highest BCUT2D eigenvalue weighted by Crippen LogP contribution is 2.52. The van der Waals surface area contributed by atoms with E-state index in [0.717, 1.165) is 0 Å². The molecule has 1 aliphatic carbocycles. The standard InChI is InChI=1S/C10H18O3/c1-9(2)5-7(11)6-10(9,3)8(12)13-4/h7,11H,5-6H2,1-4H3/t7-,10-/m0/s1. The molecular weight excluding hydrogens is 168 g/mol. The molecule has 0 saturated heterocycles. The Labute approximate surface area is 79.1 Å². The number of esters is 1. The summed E-state index contributed by atoms with van der Waals surface area (Å²) >= 11 is 0. The second kappa shape index (κ2) is 2.98. The average Bonchev–Trinajstić information content (AvgIpc) is 2.20. The number of ether oxygens (including phenoxy) is 1. The summed E-state index contributed by atoms with van der Waals surface area (Å²) in [5, 5.41) is 9.54. The minimum absolute atomic E-state index is 0.181. The fraction of sp³-hybridized carbons (Fsp3) is 0.900. The first-order valence-corrected chi connectivity index (χ1v) is 4.60. The third-order valence-corrected chi connectivity index (χ3v) is 3.52. The second-order valence-corrected chi connectivity index (χ2v) is 4.77. The van der Waals surface area contributed by atoms with Gasteiger partial charge < -0.3 is 9.84 Å². The lowest BCUT2D eigenvalue weighted by Gasteiger charge is -2.34.